The molecule has 0 fully saturated rings. The number of rotatable bonds is 0. The van der Waals surface area contributed by atoms with Crippen molar-refractivity contribution >= 4 is 64.2 Å². The van der Waals surface area contributed by atoms with Gasteiger partial charge in [-0.2, -0.15) is 0 Å². The van der Waals surface area contributed by atoms with Crippen LogP contribution >= 0.6 is 11.3 Å². The van der Waals surface area contributed by atoms with Crippen molar-refractivity contribution in [2.24, 2.45) is 0 Å². The van der Waals surface area contributed by atoms with Gasteiger partial charge in [-0.1, -0.05) is 59.9 Å². The van der Waals surface area contributed by atoms with Crippen molar-refractivity contribution in [3.05, 3.63) is 108 Å². The normalized spacial score (nSPS) is 11.5. The predicted octanol–water partition coefficient (Wildman–Crippen LogP) is 8.82. The Hall–Kier alpha value is -4.06. The van der Waals surface area contributed by atoms with Crippen LogP contribution in [-0.4, -0.2) is 0 Å². The van der Waals surface area contributed by atoms with E-state index >= 15 is 0 Å². The number of furan rings is 1. The van der Waals surface area contributed by atoms with Gasteiger partial charge in [0.25, 0.3) is 0 Å². The summed E-state index contributed by atoms with van der Waals surface area (Å²) in [6, 6.07) is 32.1. The summed E-state index contributed by atoms with van der Waals surface area (Å²) in [5.74, 6) is 6.54. The smallest absolute Gasteiger partial charge is 0.143 e. The van der Waals surface area contributed by atoms with Crippen molar-refractivity contribution in [3.8, 4) is 11.8 Å². The summed E-state index contributed by atoms with van der Waals surface area (Å²) >= 11 is 1.85. The Balaban J connectivity index is 1.42. The van der Waals surface area contributed by atoms with Crippen LogP contribution in [0.3, 0.4) is 0 Å². The Morgan fingerprint density at radius 1 is 0.606 bits per heavy atom. The molecule has 0 saturated heterocycles. The fraction of sp³-hybridized carbons (Fsp3) is 0.0323. The lowest BCUT2D eigenvalue weighted by Crippen LogP contribution is -1.77. The number of fused-ring (bicyclic) bond motifs is 9. The van der Waals surface area contributed by atoms with E-state index in [1.807, 2.05) is 11.3 Å². The summed E-state index contributed by atoms with van der Waals surface area (Å²) in [4.78, 5) is 0. The highest BCUT2D eigenvalue weighted by atomic mass is 32.1. The summed E-state index contributed by atoms with van der Waals surface area (Å²) < 4.78 is 9.07. The fourth-order valence-corrected chi connectivity index (χ4v) is 5.91. The average Bonchev–Trinajstić information content (AvgIpc) is 3.41. The van der Waals surface area contributed by atoms with Crippen LogP contribution in [0.15, 0.2) is 95.4 Å². The van der Waals surface area contributed by atoms with Crippen molar-refractivity contribution in [1.82, 2.24) is 0 Å². The van der Waals surface area contributed by atoms with E-state index in [1.54, 1.807) is 0 Å². The quantitative estimate of drug-likeness (QED) is 0.216. The number of aryl methyl sites for hydroxylation is 1. The highest BCUT2D eigenvalue weighted by Gasteiger charge is 2.14. The minimum atomic E-state index is 0.879. The van der Waals surface area contributed by atoms with Crippen molar-refractivity contribution in [2.75, 3.05) is 0 Å². The molecular weight excluding hydrogens is 420 g/mol. The largest absolute Gasteiger partial charge is 0.455 e. The molecule has 0 aliphatic heterocycles. The number of hydrogen-bond donors (Lipinski definition) is 0. The maximum absolute atomic E-state index is 6.43. The molecule has 1 nitrogen and oxygen atoms in total. The Labute approximate surface area is 194 Å². The van der Waals surface area contributed by atoms with Gasteiger partial charge in [0.2, 0.25) is 0 Å². The van der Waals surface area contributed by atoms with Gasteiger partial charge in [-0.15, -0.1) is 11.3 Å². The van der Waals surface area contributed by atoms with Crippen LogP contribution in [0.2, 0.25) is 0 Å². The molecule has 0 unspecified atom stereocenters. The minimum absolute atomic E-state index is 0.879. The topological polar surface area (TPSA) is 13.1 Å². The van der Waals surface area contributed by atoms with Crippen molar-refractivity contribution in [1.29, 1.82) is 0 Å². The zero-order valence-corrected chi connectivity index (χ0v) is 18.8. The molecule has 0 spiro atoms. The third-order valence-corrected chi connectivity index (χ3v) is 7.60. The van der Waals surface area contributed by atoms with E-state index in [1.165, 1.54) is 31.1 Å². The zero-order valence-electron chi connectivity index (χ0n) is 18.0. The maximum atomic E-state index is 6.43. The van der Waals surface area contributed by atoms with Gasteiger partial charge in [0, 0.05) is 52.8 Å². The lowest BCUT2D eigenvalue weighted by Gasteiger charge is -2.00. The van der Waals surface area contributed by atoms with E-state index in [9.17, 15) is 0 Å². The first kappa shape index (κ1) is 18.5. The molecule has 7 rings (SSSR count). The average molecular weight is 439 g/mol. The first-order chi connectivity index (χ1) is 16.2. The molecule has 0 saturated carbocycles. The van der Waals surface area contributed by atoms with Gasteiger partial charge in [-0.25, -0.2) is 0 Å². The van der Waals surface area contributed by atoms with Crippen LogP contribution in [0.1, 0.15) is 16.7 Å². The van der Waals surface area contributed by atoms with E-state index in [2.05, 4.69) is 110 Å². The monoisotopic (exact) mass is 438 g/mol. The molecule has 154 valence electrons. The highest BCUT2D eigenvalue weighted by Crippen LogP contribution is 2.42. The Morgan fingerprint density at radius 3 is 2.09 bits per heavy atom. The summed E-state index contributed by atoms with van der Waals surface area (Å²) in [7, 11) is 0. The van der Waals surface area contributed by atoms with Crippen LogP contribution in [0.25, 0.3) is 52.9 Å². The van der Waals surface area contributed by atoms with Gasteiger partial charge in [-0.3, -0.25) is 0 Å². The number of thiophene rings is 1. The highest BCUT2D eigenvalue weighted by molar-refractivity contribution is 7.26. The molecule has 2 heteroatoms. The Bertz CT molecular complexity index is 1920. The van der Waals surface area contributed by atoms with E-state index in [0.717, 1.165) is 38.5 Å². The summed E-state index contributed by atoms with van der Waals surface area (Å²) in [6.07, 6.45) is 0. The van der Waals surface area contributed by atoms with Crippen LogP contribution in [-0.2, 0) is 0 Å². The second-order valence-corrected chi connectivity index (χ2v) is 9.56. The number of hydrogen-bond acceptors (Lipinski definition) is 2. The van der Waals surface area contributed by atoms with E-state index in [-0.39, 0.29) is 0 Å². The lowest BCUT2D eigenvalue weighted by atomic mass is 10.0. The summed E-state index contributed by atoms with van der Waals surface area (Å²) in [5, 5.41) is 7.32. The molecule has 0 aliphatic carbocycles. The third kappa shape index (κ3) is 2.87. The van der Waals surface area contributed by atoms with Crippen LogP contribution < -0.4 is 0 Å². The first-order valence-electron chi connectivity index (χ1n) is 11.0. The van der Waals surface area contributed by atoms with E-state index in [4.69, 9.17) is 4.42 Å². The second kappa shape index (κ2) is 6.97. The zero-order chi connectivity index (χ0) is 21.9. The molecule has 0 amide bonds. The Morgan fingerprint density at radius 2 is 1.24 bits per heavy atom. The van der Waals surface area contributed by atoms with Gasteiger partial charge in [-0.05, 0) is 55.5 Å². The Kier molecular flexibility index (Phi) is 3.91. The molecule has 5 aromatic carbocycles. The molecule has 0 radical (unpaired) electrons. The number of benzene rings is 5. The van der Waals surface area contributed by atoms with E-state index in [0.29, 0.717) is 0 Å². The van der Waals surface area contributed by atoms with Gasteiger partial charge >= 0.3 is 0 Å². The van der Waals surface area contributed by atoms with Gasteiger partial charge in [0.05, 0.1) is 0 Å². The van der Waals surface area contributed by atoms with Gasteiger partial charge < -0.3 is 4.42 Å². The van der Waals surface area contributed by atoms with Gasteiger partial charge in [0.1, 0.15) is 11.2 Å². The molecule has 0 bridgehead atoms. The van der Waals surface area contributed by atoms with Crippen molar-refractivity contribution in [3.63, 3.8) is 0 Å². The molecule has 2 aromatic heterocycles. The maximum Gasteiger partial charge on any atom is 0.143 e. The molecule has 33 heavy (non-hydrogen) atoms. The van der Waals surface area contributed by atoms with Crippen LogP contribution in [0.5, 0.6) is 0 Å². The van der Waals surface area contributed by atoms with Crippen LogP contribution in [0, 0.1) is 18.8 Å². The fourth-order valence-electron chi connectivity index (χ4n) is 4.68. The van der Waals surface area contributed by atoms with Gasteiger partial charge in [0.15, 0.2) is 0 Å². The third-order valence-electron chi connectivity index (χ3n) is 6.38. The lowest BCUT2D eigenvalue weighted by molar-refractivity contribution is 0.672. The minimum Gasteiger partial charge on any atom is -0.455 e. The van der Waals surface area contributed by atoms with Crippen molar-refractivity contribution < 1.29 is 4.42 Å². The molecular formula is C31H18OS. The molecule has 2 heterocycles. The molecule has 7 aromatic rings. The molecule has 0 aliphatic rings. The summed E-state index contributed by atoms with van der Waals surface area (Å²) in [5.41, 5.74) is 5.04. The van der Waals surface area contributed by atoms with E-state index < -0.39 is 0 Å². The summed E-state index contributed by atoms with van der Waals surface area (Å²) in [6.45, 7) is 2.09. The van der Waals surface area contributed by atoms with Crippen molar-refractivity contribution in [2.45, 2.75) is 6.92 Å². The first-order valence-corrected chi connectivity index (χ1v) is 11.8. The second-order valence-electron chi connectivity index (χ2n) is 8.51. The van der Waals surface area contributed by atoms with Crippen LogP contribution in [0.4, 0.5) is 0 Å². The SMILES string of the molecule is Cc1ccc(C#Cc2ccc3c(c2)oc2c3ccc3c2ccc2c4ccccc4sc23)cc1. The standard InChI is InChI=1S/C31H18OS/c1-19-6-8-20(9-7-19)10-11-21-12-13-22-24-14-17-27-25(30(24)32-28(22)18-21)15-16-26-23-4-2-3-5-29(23)33-31(26)27/h2-9,12-18H,1H3. The molecule has 0 atom stereocenters. The predicted molar refractivity (Wildman–Crippen MR) is 141 cm³/mol. The molecule has 0 N–H and O–H groups in total.